The molecule has 0 aromatic heterocycles. The van der Waals surface area contributed by atoms with Crippen LogP contribution in [0.25, 0.3) is 0 Å². The number of rotatable bonds is 7. The Morgan fingerprint density at radius 1 is 1.06 bits per heavy atom. The van der Waals surface area contributed by atoms with Gasteiger partial charge in [-0.15, -0.1) is 0 Å². The first kappa shape index (κ1) is 26.1. The van der Waals surface area contributed by atoms with Gasteiger partial charge >= 0.3 is 0 Å². The SMILES string of the molecule is C[C@H](CCC(=O)NC[C@@H](C)S(=O)(=O)[O-])[C@H]1CC[C@H]2[C@@H]3CC[C@@H]4CC(=O)CC[C@]4(C)[C@H]3CC[C@]12C. The summed E-state index contributed by atoms with van der Waals surface area (Å²) in [5, 5.41) is 1.53. The number of fused-ring (bicyclic) bond motifs is 5. The van der Waals surface area contributed by atoms with Gasteiger partial charge in [0.1, 0.15) is 5.78 Å². The molecule has 0 unspecified atom stereocenters. The predicted molar refractivity (Wildman–Crippen MR) is 131 cm³/mol. The molecular formula is C27H44NO5S-. The lowest BCUT2D eigenvalue weighted by Crippen LogP contribution is -2.53. The topological polar surface area (TPSA) is 103 Å². The highest BCUT2D eigenvalue weighted by atomic mass is 32.2. The molecule has 194 valence electrons. The van der Waals surface area contributed by atoms with Crippen LogP contribution >= 0.6 is 0 Å². The zero-order valence-electron chi connectivity index (χ0n) is 21.5. The molecule has 7 heteroatoms. The van der Waals surface area contributed by atoms with E-state index in [0.29, 0.717) is 40.8 Å². The van der Waals surface area contributed by atoms with Crippen LogP contribution in [0, 0.1) is 46.3 Å². The average Bonchev–Trinajstić information content (AvgIpc) is 3.13. The Bertz CT molecular complexity index is 903. The molecule has 0 saturated heterocycles. The molecule has 0 spiro atoms. The Morgan fingerprint density at radius 3 is 2.47 bits per heavy atom. The van der Waals surface area contributed by atoms with E-state index in [1.807, 2.05) is 0 Å². The van der Waals surface area contributed by atoms with Crippen LogP contribution < -0.4 is 5.32 Å². The highest BCUT2D eigenvalue weighted by Gasteiger charge is 2.60. The molecule has 4 rings (SSSR count). The van der Waals surface area contributed by atoms with E-state index in [9.17, 15) is 22.6 Å². The van der Waals surface area contributed by atoms with Crippen LogP contribution in [-0.2, 0) is 19.7 Å². The van der Waals surface area contributed by atoms with Crippen molar-refractivity contribution in [2.45, 2.75) is 104 Å². The summed E-state index contributed by atoms with van der Waals surface area (Å²) in [6.45, 7) is 8.52. The third-order valence-corrected chi connectivity index (χ3v) is 12.3. The lowest BCUT2D eigenvalue weighted by Gasteiger charge is -2.60. The maximum atomic E-state index is 12.3. The normalized spacial score (nSPS) is 41.7. The summed E-state index contributed by atoms with van der Waals surface area (Å²) in [7, 11) is -4.37. The number of nitrogens with one attached hydrogen (secondary N) is 1. The van der Waals surface area contributed by atoms with E-state index in [4.69, 9.17) is 0 Å². The van der Waals surface area contributed by atoms with Gasteiger partial charge in [0.25, 0.3) is 0 Å². The van der Waals surface area contributed by atoms with Crippen molar-refractivity contribution >= 4 is 21.8 Å². The van der Waals surface area contributed by atoms with Crippen molar-refractivity contribution in [3.8, 4) is 0 Å². The van der Waals surface area contributed by atoms with Gasteiger partial charge in [-0.1, -0.05) is 20.8 Å². The second kappa shape index (κ2) is 9.49. The number of hydrogen-bond acceptors (Lipinski definition) is 5. The molecule has 9 atom stereocenters. The summed E-state index contributed by atoms with van der Waals surface area (Å²) < 4.78 is 33.1. The fourth-order valence-electron chi connectivity index (χ4n) is 9.03. The first-order valence-electron chi connectivity index (χ1n) is 13.6. The molecule has 0 bridgehead atoms. The van der Waals surface area contributed by atoms with E-state index in [2.05, 4.69) is 26.1 Å². The van der Waals surface area contributed by atoms with Crippen molar-refractivity contribution in [2.75, 3.05) is 6.54 Å². The van der Waals surface area contributed by atoms with Gasteiger partial charge in [-0.3, -0.25) is 9.59 Å². The van der Waals surface area contributed by atoms with Crippen LogP contribution in [0.15, 0.2) is 0 Å². The van der Waals surface area contributed by atoms with Gasteiger partial charge in [0.05, 0.1) is 15.4 Å². The van der Waals surface area contributed by atoms with Gasteiger partial charge in [0.15, 0.2) is 0 Å². The molecule has 0 aromatic carbocycles. The lowest BCUT2D eigenvalue weighted by molar-refractivity contribution is -0.140. The molecule has 0 heterocycles. The van der Waals surface area contributed by atoms with E-state index in [-0.39, 0.29) is 12.5 Å². The largest absolute Gasteiger partial charge is 0.748 e. The maximum absolute atomic E-state index is 12.3. The van der Waals surface area contributed by atoms with Crippen molar-refractivity contribution in [3.63, 3.8) is 0 Å². The van der Waals surface area contributed by atoms with Crippen LogP contribution in [0.1, 0.15) is 98.3 Å². The zero-order valence-corrected chi connectivity index (χ0v) is 22.3. The number of carbonyl (C=O) groups excluding carboxylic acids is 2. The minimum atomic E-state index is -4.37. The number of Topliss-reactive ketones (excluding diaryl/α,β-unsaturated/α-hetero) is 1. The number of ketones is 1. The molecule has 0 radical (unpaired) electrons. The van der Waals surface area contributed by atoms with Gasteiger partial charge in [-0.2, -0.15) is 0 Å². The van der Waals surface area contributed by atoms with Gasteiger partial charge in [0.2, 0.25) is 5.91 Å². The van der Waals surface area contributed by atoms with Crippen LogP contribution in [0.2, 0.25) is 0 Å². The fourth-order valence-corrected chi connectivity index (χ4v) is 9.32. The zero-order chi connectivity index (χ0) is 24.9. The minimum Gasteiger partial charge on any atom is -0.748 e. The smallest absolute Gasteiger partial charge is 0.220 e. The molecule has 4 aliphatic rings. The van der Waals surface area contributed by atoms with Crippen LogP contribution in [0.5, 0.6) is 0 Å². The third kappa shape index (κ3) is 4.72. The molecule has 6 nitrogen and oxygen atoms in total. The molecule has 34 heavy (non-hydrogen) atoms. The van der Waals surface area contributed by atoms with Crippen molar-refractivity contribution in [1.82, 2.24) is 5.32 Å². The average molecular weight is 495 g/mol. The molecule has 0 aromatic rings. The quantitative estimate of drug-likeness (QED) is 0.518. The van der Waals surface area contributed by atoms with Gasteiger partial charge < -0.3 is 9.87 Å². The molecule has 4 aliphatic carbocycles. The summed E-state index contributed by atoms with van der Waals surface area (Å²) in [6, 6.07) is 0. The van der Waals surface area contributed by atoms with E-state index < -0.39 is 15.4 Å². The Balaban J connectivity index is 1.35. The summed E-state index contributed by atoms with van der Waals surface area (Å²) >= 11 is 0. The van der Waals surface area contributed by atoms with Crippen LogP contribution in [0.4, 0.5) is 0 Å². The summed E-state index contributed by atoms with van der Waals surface area (Å²) in [5.41, 5.74) is 0.671. The van der Waals surface area contributed by atoms with Gasteiger partial charge in [0, 0.05) is 25.8 Å². The Kier molecular flexibility index (Phi) is 7.29. The van der Waals surface area contributed by atoms with Crippen molar-refractivity contribution in [3.05, 3.63) is 0 Å². The first-order chi connectivity index (χ1) is 15.9. The van der Waals surface area contributed by atoms with E-state index >= 15 is 0 Å². The van der Waals surface area contributed by atoms with Crippen LogP contribution in [0.3, 0.4) is 0 Å². The lowest BCUT2D eigenvalue weighted by atomic mass is 9.44. The summed E-state index contributed by atoms with van der Waals surface area (Å²) in [6.07, 6.45) is 11.4. The highest BCUT2D eigenvalue weighted by molar-refractivity contribution is 7.86. The third-order valence-electron chi connectivity index (χ3n) is 11.1. The second-order valence-electron chi connectivity index (χ2n) is 12.8. The monoisotopic (exact) mass is 494 g/mol. The van der Waals surface area contributed by atoms with Crippen molar-refractivity contribution < 1.29 is 22.6 Å². The van der Waals surface area contributed by atoms with Gasteiger partial charge in [-0.25, -0.2) is 8.42 Å². The molecule has 1 N–H and O–H groups in total. The summed E-state index contributed by atoms with van der Waals surface area (Å²) in [4.78, 5) is 24.4. The van der Waals surface area contributed by atoms with Crippen LogP contribution in [-0.4, -0.2) is 36.5 Å². The number of amides is 1. The highest BCUT2D eigenvalue weighted by Crippen LogP contribution is 2.68. The molecule has 4 saturated carbocycles. The Morgan fingerprint density at radius 2 is 1.76 bits per heavy atom. The molecule has 1 amide bonds. The molecule has 4 fully saturated rings. The van der Waals surface area contributed by atoms with E-state index in [0.717, 1.165) is 43.4 Å². The van der Waals surface area contributed by atoms with E-state index in [1.54, 1.807) is 0 Å². The maximum Gasteiger partial charge on any atom is 0.220 e. The van der Waals surface area contributed by atoms with Crippen molar-refractivity contribution in [1.29, 1.82) is 0 Å². The van der Waals surface area contributed by atoms with Crippen molar-refractivity contribution in [2.24, 2.45) is 46.3 Å². The molecular weight excluding hydrogens is 450 g/mol. The molecule has 0 aliphatic heterocycles. The first-order valence-corrected chi connectivity index (χ1v) is 15.1. The summed E-state index contributed by atoms with van der Waals surface area (Å²) in [5.74, 6) is 4.26. The fraction of sp³-hybridized carbons (Fsp3) is 0.926. The Labute approximate surface area is 206 Å². The standard InChI is InChI=1S/C27H45NO5S/c1-17(5-10-25(30)28-16-18(2)34(31,32)33)22-8-9-23-21-7-6-19-15-20(29)11-13-26(19,3)24(21)12-14-27(22,23)4/h17-19,21-24H,5-16H2,1-4H3,(H,28,30)(H,31,32,33)/p-1/t17-,18-,19-,21+,22-,23+,24+,26+,27-/m1/s1. The van der Waals surface area contributed by atoms with Gasteiger partial charge in [-0.05, 0) is 105 Å². The Hall–Kier alpha value is -0.950. The van der Waals surface area contributed by atoms with E-state index in [1.165, 1.54) is 45.4 Å². The minimum absolute atomic E-state index is 0.114. The number of carbonyl (C=O) groups is 2. The number of hydrogen-bond donors (Lipinski definition) is 1. The second-order valence-corrected chi connectivity index (χ2v) is 14.5. The predicted octanol–water partition coefficient (Wildman–Crippen LogP) is 4.68.